The molecule has 5 nitrogen and oxygen atoms in total. The van der Waals surface area contributed by atoms with Gasteiger partial charge in [0.25, 0.3) is 0 Å². The Bertz CT molecular complexity index is 877. The van der Waals surface area contributed by atoms with Crippen molar-refractivity contribution in [3.8, 4) is 0 Å². The number of esters is 3. The molecule has 2 heterocycles. The van der Waals surface area contributed by atoms with Crippen LogP contribution in [0.15, 0.2) is 42.5 Å². The highest BCUT2D eigenvalue weighted by Crippen LogP contribution is 2.35. The van der Waals surface area contributed by atoms with Crippen LogP contribution in [0.2, 0.25) is 0 Å². The van der Waals surface area contributed by atoms with E-state index in [1.54, 1.807) is 6.08 Å². The molecule has 0 fully saturated rings. The molecule has 0 bridgehead atoms. The van der Waals surface area contributed by atoms with Crippen molar-refractivity contribution in [2.75, 3.05) is 0 Å². The third kappa shape index (κ3) is 1.76. The van der Waals surface area contributed by atoms with Crippen LogP contribution in [-0.4, -0.2) is 17.9 Å². The van der Waals surface area contributed by atoms with Crippen LogP contribution >= 0.6 is 0 Å². The zero-order chi connectivity index (χ0) is 15.3. The van der Waals surface area contributed by atoms with E-state index in [1.165, 1.54) is 12.1 Å². The molecule has 0 unspecified atom stereocenters. The second-order valence-corrected chi connectivity index (χ2v) is 4.93. The molecule has 0 N–H and O–H groups in total. The van der Waals surface area contributed by atoms with Gasteiger partial charge in [-0.15, -0.1) is 0 Å². The predicted octanol–water partition coefficient (Wildman–Crippen LogP) is 2.67. The lowest BCUT2D eigenvalue weighted by Gasteiger charge is -2.00. The number of benzene rings is 2. The molecule has 5 heteroatoms. The fourth-order valence-electron chi connectivity index (χ4n) is 2.52. The van der Waals surface area contributed by atoms with E-state index in [-0.39, 0.29) is 16.7 Å². The number of rotatable bonds is 1. The summed E-state index contributed by atoms with van der Waals surface area (Å²) in [6, 6.07) is 12.2. The number of hydrogen-bond acceptors (Lipinski definition) is 5. The molecule has 2 aliphatic heterocycles. The molecule has 0 spiro atoms. The Kier molecular flexibility index (Phi) is 2.50. The van der Waals surface area contributed by atoms with Crippen molar-refractivity contribution in [1.82, 2.24) is 0 Å². The summed E-state index contributed by atoms with van der Waals surface area (Å²) in [6.45, 7) is 0. The monoisotopic (exact) mass is 292 g/mol. The van der Waals surface area contributed by atoms with Gasteiger partial charge in [0.1, 0.15) is 5.76 Å². The lowest BCUT2D eigenvalue weighted by atomic mass is 9.99. The second-order valence-electron chi connectivity index (χ2n) is 4.93. The molecule has 106 valence electrons. The fourth-order valence-corrected chi connectivity index (χ4v) is 2.52. The van der Waals surface area contributed by atoms with E-state index < -0.39 is 17.9 Å². The van der Waals surface area contributed by atoms with E-state index in [1.807, 2.05) is 30.3 Å². The van der Waals surface area contributed by atoms with Crippen LogP contribution in [-0.2, 0) is 9.47 Å². The SMILES string of the molecule is O=C1OC(=O)c2cc3c(cc21)C(=O)O/C3=C\c1ccccc1. The zero-order valence-electron chi connectivity index (χ0n) is 11.2. The minimum Gasteiger partial charge on any atom is -0.422 e. The highest BCUT2D eigenvalue weighted by atomic mass is 16.6. The first-order chi connectivity index (χ1) is 10.6. The van der Waals surface area contributed by atoms with E-state index in [0.29, 0.717) is 11.3 Å². The Labute approximate surface area is 124 Å². The number of fused-ring (bicyclic) bond motifs is 2. The summed E-state index contributed by atoms with van der Waals surface area (Å²) in [6.07, 6.45) is 1.71. The number of carbonyl (C=O) groups is 3. The number of carbonyl (C=O) groups excluding carboxylic acids is 3. The van der Waals surface area contributed by atoms with Gasteiger partial charge >= 0.3 is 17.9 Å². The summed E-state index contributed by atoms with van der Waals surface area (Å²) < 4.78 is 9.79. The maximum atomic E-state index is 12.0. The molecule has 0 aromatic heterocycles. The van der Waals surface area contributed by atoms with Crippen molar-refractivity contribution in [3.63, 3.8) is 0 Å². The van der Waals surface area contributed by atoms with Gasteiger partial charge in [-0.2, -0.15) is 0 Å². The van der Waals surface area contributed by atoms with Crippen LogP contribution in [0.3, 0.4) is 0 Å². The van der Waals surface area contributed by atoms with Gasteiger partial charge in [-0.1, -0.05) is 30.3 Å². The van der Waals surface area contributed by atoms with Crippen LogP contribution < -0.4 is 0 Å². The van der Waals surface area contributed by atoms with Crippen molar-refractivity contribution in [2.24, 2.45) is 0 Å². The summed E-state index contributed by atoms with van der Waals surface area (Å²) >= 11 is 0. The quantitative estimate of drug-likeness (QED) is 0.597. The van der Waals surface area contributed by atoms with Gasteiger partial charge in [0.2, 0.25) is 0 Å². The summed E-state index contributed by atoms with van der Waals surface area (Å²) in [5.41, 5.74) is 1.85. The number of hydrogen-bond donors (Lipinski definition) is 0. The third-order valence-electron chi connectivity index (χ3n) is 3.57. The molecule has 0 saturated heterocycles. The van der Waals surface area contributed by atoms with Crippen LogP contribution in [0.5, 0.6) is 0 Å². The van der Waals surface area contributed by atoms with Crippen LogP contribution in [0.1, 0.15) is 42.2 Å². The molecule has 2 aromatic rings. The van der Waals surface area contributed by atoms with Gasteiger partial charge in [0.15, 0.2) is 0 Å². The van der Waals surface area contributed by atoms with Crippen molar-refractivity contribution < 1.29 is 23.9 Å². The lowest BCUT2D eigenvalue weighted by molar-refractivity contribution is 0.0443. The van der Waals surface area contributed by atoms with E-state index in [2.05, 4.69) is 4.74 Å². The summed E-state index contributed by atoms with van der Waals surface area (Å²) in [7, 11) is 0. The highest BCUT2D eigenvalue weighted by Gasteiger charge is 2.36. The van der Waals surface area contributed by atoms with Crippen molar-refractivity contribution in [1.29, 1.82) is 0 Å². The largest absolute Gasteiger partial charge is 0.422 e. The zero-order valence-corrected chi connectivity index (χ0v) is 11.2. The van der Waals surface area contributed by atoms with Crippen molar-refractivity contribution in [3.05, 3.63) is 70.3 Å². The molecule has 2 aliphatic rings. The molecule has 4 rings (SSSR count). The third-order valence-corrected chi connectivity index (χ3v) is 3.57. The fraction of sp³-hybridized carbons (Fsp3) is 0. The first-order valence-electron chi connectivity index (χ1n) is 6.57. The normalized spacial score (nSPS) is 17.3. The van der Waals surface area contributed by atoms with Gasteiger partial charge in [0.05, 0.1) is 16.7 Å². The van der Waals surface area contributed by atoms with Crippen LogP contribution in [0.25, 0.3) is 11.8 Å². The van der Waals surface area contributed by atoms with E-state index in [0.717, 1.165) is 5.56 Å². The molecule has 2 aromatic carbocycles. The maximum Gasteiger partial charge on any atom is 0.346 e. The Hall–Kier alpha value is -3.21. The van der Waals surface area contributed by atoms with E-state index in [4.69, 9.17) is 4.74 Å². The molecular formula is C17H8O5. The topological polar surface area (TPSA) is 69.7 Å². The predicted molar refractivity (Wildman–Crippen MR) is 75.9 cm³/mol. The Morgan fingerprint density at radius 3 is 1.91 bits per heavy atom. The van der Waals surface area contributed by atoms with Gasteiger partial charge in [-0.3, -0.25) is 0 Å². The standard InChI is InChI=1S/C17H8O5/c18-15-11-8-13-12(16(19)22-17(13)20)7-10(11)14(21-15)6-9-4-2-1-3-5-9/h1-8H/b14-6-. The Morgan fingerprint density at radius 2 is 1.23 bits per heavy atom. The summed E-state index contributed by atoms with van der Waals surface area (Å²) in [4.78, 5) is 35.1. The van der Waals surface area contributed by atoms with Gasteiger partial charge in [-0.05, 0) is 23.8 Å². The number of ether oxygens (including phenoxy) is 2. The molecule has 0 aliphatic carbocycles. The molecular weight excluding hydrogens is 284 g/mol. The second kappa shape index (κ2) is 4.39. The number of cyclic esters (lactones) is 3. The van der Waals surface area contributed by atoms with Crippen LogP contribution in [0.4, 0.5) is 0 Å². The van der Waals surface area contributed by atoms with Gasteiger partial charge in [-0.25, -0.2) is 14.4 Å². The molecule has 0 saturated carbocycles. The minimum atomic E-state index is -0.740. The smallest absolute Gasteiger partial charge is 0.346 e. The molecule has 0 radical (unpaired) electrons. The van der Waals surface area contributed by atoms with E-state index in [9.17, 15) is 14.4 Å². The first-order valence-corrected chi connectivity index (χ1v) is 6.57. The van der Waals surface area contributed by atoms with Crippen molar-refractivity contribution in [2.45, 2.75) is 0 Å². The van der Waals surface area contributed by atoms with Gasteiger partial charge < -0.3 is 9.47 Å². The average Bonchev–Trinajstić information content (AvgIpc) is 2.97. The summed E-state index contributed by atoms with van der Waals surface area (Å²) in [5.74, 6) is -1.65. The maximum absolute atomic E-state index is 12.0. The average molecular weight is 292 g/mol. The van der Waals surface area contributed by atoms with Crippen LogP contribution in [0, 0.1) is 0 Å². The van der Waals surface area contributed by atoms with Gasteiger partial charge in [0, 0.05) is 5.56 Å². The summed E-state index contributed by atoms with van der Waals surface area (Å²) in [5, 5.41) is 0. The molecule has 0 amide bonds. The Balaban J connectivity index is 1.89. The molecule has 0 atom stereocenters. The first kappa shape index (κ1) is 12.5. The Morgan fingerprint density at radius 1 is 0.682 bits per heavy atom. The van der Waals surface area contributed by atoms with Crippen molar-refractivity contribution >= 4 is 29.7 Å². The van der Waals surface area contributed by atoms with E-state index >= 15 is 0 Å². The lowest BCUT2D eigenvalue weighted by Crippen LogP contribution is -1.98. The minimum absolute atomic E-state index is 0.0988. The molecule has 22 heavy (non-hydrogen) atoms. The highest BCUT2D eigenvalue weighted by molar-refractivity contribution is 6.17.